The van der Waals surface area contributed by atoms with E-state index >= 15 is 0 Å². The second kappa shape index (κ2) is 42.8. The van der Waals surface area contributed by atoms with Crippen molar-refractivity contribution in [3.63, 3.8) is 0 Å². The SMILES string of the molecule is CCCc1coc2ccc3cc(O)ccc3c12.CCCc1coc2ccc3cc(OCCN(C)C(=O)OC(C)(C)C)ccc3c12.CN(CCOc1ccc2c(ccc3occ(C4CCC(=O)CC4=O)c32)c1)C(=O)OC(C)(C)C.CN(CCOc1ccc2c(ccc3occ(C4CCC(=O)CC4=O)c32)c1)C1CCCCC1.O=C=O.O=C=O.[CH3-].[W]. The van der Waals surface area contributed by atoms with Crippen molar-refractivity contribution in [2.75, 3.05) is 60.6 Å². The summed E-state index contributed by atoms with van der Waals surface area (Å²) in [6.45, 7) is 18.5. The molecule has 24 heteroatoms. The molecule has 1 N–H and O–H groups in total. The van der Waals surface area contributed by atoms with Gasteiger partial charge in [-0.25, -0.2) is 9.59 Å². The molecule has 0 spiro atoms. The Hall–Kier alpha value is -11.2. The van der Waals surface area contributed by atoms with Crippen LogP contribution in [0.15, 0.2) is 164 Å². The molecule has 3 saturated carbocycles. The van der Waals surface area contributed by atoms with Gasteiger partial charge in [0, 0.05) is 105 Å². The van der Waals surface area contributed by atoms with E-state index in [2.05, 4.69) is 50.1 Å². The molecule has 3 fully saturated rings. The zero-order valence-corrected chi connectivity index (χ0v) is 72.3. The fourth-order valence-corrected chi connectivity index (χ4v) is 15.1. The Bertz CT molecular complexity index is 5530. The molecule has 3 aliphatic carbocycles. The number of furan rings is 4. The first-order valence-corrected chi connectivity index (χ1v) is 39.6. The van der Waals surface area contributed by atoms with Gasteiger partial charge in [0.15, 0.2) is 0 Å². The summed E-state index contributed by atoms with van der Waals surface area (Å²) in [4.78, 5) is 110. The first kappa shape index (κ1) is 92.3. The third kappa shape index (κ3) is 24.0. The van der Waals surface area contributed by atoms with E-state index in [-0.39, 0.29) is 94.7 Å². The van der Waals surface area contributed by atoms with Crippen LogP contribution in [0, 0.1) is 7.43 Å². The largest absolute Gasteiger partial charge is 0.508 e. The summed E-state index contributed by atoms with van der Waals surface area (Å²) >= 11 is 0. The molecule has 15 rings (SSSR count). The predicted octanol–water partition coefficient (Wildman–Crippen LogP) is 20.2. The number of aromatic hydroxyl groups is 1. The Morgan fingerprint density at radius 1 is 0.458 bits per heavy atom. The summed E-state index contributed by atoms with van der Waals surface area (Å²) in [6, 6.07) is 40.0. The van der Waals surface area contributed by atoms with Crippen LogP contribution >= 0.6 is 0 Å². The Morgan fingerprint density at radius 3 is 1.16 bits per heavy atom. The van der Waals surface area contributed by atoms with Crippen LogP contribution < -0.4 is 14.2 Å². The number of amides is 2. The molecule has 0 saturated heterocycles. The average Bonchev–Trinajstić information content (AvgIpc) is 1.61. The van der Waals surface area contributed by atoms with E-state index in [0.717, 1.165) is 126 Å². The molecule has 23 nitrogen and oxygen atoms in total. The summed E-state index contributed by atoms with van der Waals surface area (Å²) in [7, 11) is 5.59. The summed E-state index contributed by atoms with van der Waals surface area (Å²) in [5.74, 6) is 2.07. The van der Waals surface area contributed by atoms with Crippen LogP contribution in [0.4, 0.5) is 9.59 Å². The molecule has 4 heterocycles. The molecular weight excluding hydrogens is 1670 g/mol. The van der Waals surface area contributed by atoms with Crippen molar-refractivity contribution in [1.82, 2.24) is 14.7 Å². The molecule has 8 aromatic carbocycles. The van der Waals surface area contributed by atoms with Crippen LogP contribution in [-0.2, 0) is 81.7 Å². The minimum absolute atomic E-state index is 0. The minimum atomic E-state index is -0.542. The van der Waals surface area contributed by atoms with E-state index in [1.165, 1.54) is 69.2 Å². The van der Waals surface area contributed by atoms with Gasteiger partial charge in [0.05, 0.1) is 51.0 Å². The van der Waals surface area contributed by atoms with Crippen LogP contribution in [0.5, 0.6) is 23.0 Å². The van der Waals surface area contributed by atoms with Gasteiger partial charge in [0.25, 0.3) is 0 Å². The van der Waals surface area contributed by atoms with E-state index in [1.54, 1.807) is 38.8 Å². The van der Waals surface area contributed by atoms with E-state index in [9.17, 15) is 33.9 Å². The van der Waals surface area contributed by atoms with E-state index in [0.29, 0.717) is 76.1 Å². The third-order valence-electron chi connectivity index (χ3n) is 20.8. The Morgan fingerprint density at radius 2 is 0.797 bits per heavy atom. The molecule has 12 aromatic rings. The van der Waals surface area contributed by atoms with Gasteiger partial charge in [0.2, 0.25) is 0 Å². The molecule has 4 aromatic heterocycles. The summed E-state index contributed by atoms with van der Waals surface area (Å²) in [5.41, 5.74) is 6.55. The Balaban J connectivity index is 0.000000194. The maximum absolute atomic E-state index is 12.5. The number of phenolic OH excluding ortho intramolecular Hbond substituents is 1. The van der Waals surface area contributed by atoms with Crippen molar-refractivity contribution >= 4 is 135 Å². The number of ether oxygens (including phenoxy) is 5. The first-order chi connectivity index (χ1) is 55.6. The van der Waals surface area contributed by atoms with E-state index < -0.39 is 17.3 Å². The molecular formula is C94H106N3O20W-. The van der Waals surface area contributed by atoms with E-state index in [4.69, 9.17) is 60.5 Å². The molecule has 2 amide bonds. The molecule has 624 valence electrons. The maximum Gasteiger partial charge on any atom is 0.410 e. The molecule has 2 unspecified atom stereocenters. The zero-order valence-electron chi connectivity index (χ0n) is 69.4. The maximum atomic E-state index is 12.5. The smallest absolute Gasteiger partial charge is 0.410 e. The molecule has 0 radical (unpaired) electrons. The number of carbonyl (C=O) groups excluding carboxylic acids is 10. The van der Waals surface area contributed by atoms with Gasteiger partial charge in [-0.15, -0.1) is 0 Å². The van der Waals surface area contributed by atoms with Crippen LogP contribution in [-0.4, -0.2) is 145 Å². The van der Waals surface area contributed by atoms with Crippen molar-refractivity contribution in [3.8, 4) is 23.0 Å². The topological polar surface area (TPSA) is 299 Å². The Labute approximate surface area is 701 Å². The van der Waals surface area contributed by atoms with Gasteiger partial charge in [-0.05, 0) is 238 Å². The van der Waals surface area contributed by atoms with Gasteiger partial charge >= 0.3 is 24.5 Å². The molecule has 118 heavy (non-hydrogen) atoms. The minimum Gasteiger partial charge on any atom is -0.508 e. The van der Waals surface area contributed by atoms with Crippen LogP contribution in [0.3, 0.4) is 0 Å². The van der Waals surface area contributed by atoms with Gasteiger partial charge in [0.1, 0.15) is 99.5 Å². The molecule has 2 atom stereocenters. The summed E-state index contributed by atoms with van der Waals surface area (Å²) in [6.07, 6.45) is 19.7. The number of ketones is 4. The van der Waals surface area contributed by atoms with E-state index in [1.807, 2.05) is 139 Å². The van der Waals surface area contributed by atoms with Crippen molar-refractivity contribution in [1.29, 1.82) is 0 Å². The van der Waals surface area contributed by atoms with Crippen molar-refractivity contribution in [3.05, 3.63) is 176 Å². The molecule has 0 bridgehead atoms. The summed E-state index contributed by atoms with van der Waals surface area (Å²) < 4.78 is 51.3. The molecule has 3 aliphatic rings. The predicted molar refractivity (Wildman–Crippen MR) is 448 cm³/mol. The number of benzene rings is 8. The number of hydrogen-bond acceptors (Lipinski definition) is 21. The van der Waals surface area contributed by atoms with Gasteiger partial charge < -0.3 is 68.6 Å². The number of likely N-dealkylation sites (N-methyl/N-ethyl adjacent to an activating group) is 3. The fourth-order valence-electron chi connectivity index (χ4n) is 15.1. The van der Waals surface area contributed by atoms with Crippen LogP contribution in [0.2, 0.25) is 0 Å². The fraction of sp³-hybridized carbons (Fsp3) is 0.394. The van der Waals surface area contributed by atoms with Crippen molar-refractivity contribution < 1.29 is 115 Å². The monoisotopic (exact) mass is 1780 g/mol. The number of aryl methyl sites for hydroxylation is 2. The normalized spacial score (nSPS) is 14.8. The zero-order chi connectivity index (χ0) is 83.4. The van der Waals surface area contributed by atoms with Crippen molar-refractivity contribution in [2.45, 2.75) is 181 Å². The standard InChI is InChI=1S/C27H31NO4.C26H29NO6.C23H29NO4.C15H14O2.2CO2.CH3.W/c1-28(19-5-3-2-4-6-19)13-14-31-21-9-11-22-18(15-21)7-12-26-27(22)24(17-32-26)23-10-8-20(29)16-25(23)30;1-26(2,3)33-25(30)27(4)11-12-31-18-7-9-19-16(13-18)5-10-23-24(19)21(15-32-23)20-8-6-17(28)14-22(20)29;1-6-7-17-15-27-20-11-8-16-14-18(9-10-19(16)21(17)20)26-13-12-24(5)22(25)28-23(2,3)4;1-2-3-11-9-17-14-7-4-10-8-12(16)5-6-13(10)15(11)14;2*2-1-3;;/h7,9,11-12,15,17,19,23H,2-6,8,10,13-14,16H2,1H3;5,7,9-10,13,15,20H,6,8,11-12,14H2,1-4H3;8-11,14-15H,6-7,12-13H2,1-5H3;4-9,16H,2-3H2,1H3;;;1H3;/q;;;;;;-1;. The van der Waals surface area contributed by atoms with Crippen molar-refractivity contribution in [2.24, 2.45) is 0 Å². The average molecular weight is 1780 g/mol. The second-order valence-electron chi connectivity index (χ2n) is 31.5. The number of fused-ring (bicyclic) bond motifs is 12. The van der Waals surface area contributed by atoms with Gasteiger partial charge in [-0.1, -0.05) is 70.2 Å². The van der Waals surface area contributed by atoms with Gasteiger partial charge in [-0.2, -0.15) is 19.2 Å². The third-order valence-corrected chi connectivity index (χ3v) is 20.8. The number of nitrogens with zero attached hydrogens (tertiary/aromatic N) is 3. The number of Topliss-reactive ketones (excluding diaryl/α,β-unsaturated/α-hetero) is 4. The Kier molecular flexibility index (Phi) is 33.5. The first-order valence-electron chi connectivity index (χ1n) is 39.6. The van der Waals surface area contributed by atoms with Gasteiger partial charge in [-0.3, -0.25) is 19.2 Å². The number of carbonyl (C=O) groups is 6. The summed E-state index contributed by atoms with van der Waals surface area (Å²) in [5, 5.41) is 22.3. The second-order valence-corrected chi connectivity index (χ2v) is 31.5. The van der Waals surface area contributed by atoms with Crippen LogP contribution in [0.1, 0.15) is 173 Å². The number of rotatable bonds is 19. The molecule has 0 aliphatic heterocycles. The van der Waals surface area contributed by atoms with Crippen LogP contribution in [0.25, 0.3) is 87.0 Å². The quantitative estimate of drug-likeness (QED) is 0.0581. The number of phenols is 1. The number of hydrogen-bond donors (Lipinski definition) is 1.